The van der Waals surface area contributed by atoms with Gasteiger partial charge in [-0.1, -0.05) is 48.5 Å². The van der Waals surface area contributed by atoms with E-state index in [1.165, 1.54) is 0 Å². The third-order valence-corrected chi connectivity index (χ3v) is 4.37. The van der Waals surface area contributed by atoms with Crippen molar-refractivity contribution in [1.29, 1.82) is 0 Å². The topological polar surface area (TPSA) is 110 Å². The molecular formula is C18H22NO5P. The van der Waals surface area contributed by atoms with Crippen LogP contribution in [0.25, 0.3) is 11.1 Å². The van der Waals surface area contributed by atoms with Crippen LogP contribution in [-0.2, 0) is 26.7 Å². The summed E-state index contributed by atoms with van der Waals surface area (Å²) >= 11 is 0. The largest absolute Gasteiger partial charge is 0.465 e. The third-order valence-electron chi connectivity index (χ3n) is 3.59. The zero-order chi connectivity index (χ0) is 18.4. The van der Waals surface area contributed by atoms with E-state index in [9.17, 15) is 19.1 Å². The number of nitrogens with two attached hydrogens (primary N) is 1. The van der Waals surface area contributed by atoms with E-state index < -0.39 is 19.6 Å². The van der Waals surface area contributed by atoms with Crippen LogP contribution in [0, 0.1) is 0 Å². The zero-order valence-corrected chi connectivity index (χ0v) is 14.9. The van der Waals surface area contributed by atoms with Gasteiger partial charge in [0.2, 0.25) is 0 Å². The Kier molecular flexibility index (Phi) is 6.51. The molecule has 1 atom stereocenters. The minimum absolute atomic E-state index is 0.230. The number of hydrogen-bond donors (Lipinski definition) is 3. The van der Waals surface area contributed by atoms with Gasteiger partial charge in [0.25, 0.3) is 0 Å². The van der Waals surface area contributed by atoms with Crippen LogP contribution in [0.15, 0.2) is 48.5 Å². The number of carbonyl (C=O) groups is 1. The number of hydrogen-bond acceptors (Lipinski definition) is 4. The summed E-state index contributed by atoms with van der Waals surface area (Å²) in [5.41, 5.74) is 8.84. The molecule has 2 aromatic rings. The predicted octanol–water partition coefficient (Wildman–Crippen LogP) is 2.46. The minimum atomic E-state index is -4.21. The van der Waals surface area contributed by atoms with Gasteiger partial charge in [-0.2, -0.15) is 0 Å². The predicted molar refractivity (Wildman–Crippen MR) is 95.9 cm³/mol. The molecule has 0 saturated heterocycles. The van der Waals surface area contributed by atoms with Crippen LogP contribution < -0.4 is 5.73 Å². The summed E-state index contributed by atoms with van der Waals surface area (Å²) in [5.74, 6) is -0.496. The van der Waals surface area contributed by atoms with Gasteiger partial charge >= 0.3 is 13.6 Å². The molecule has 0 heterocycles. The lowest BCUT2D eigenvalue weighted by Crippen LogP contribution is -2.34. The molecule has 0 aromatic heterocycles. The first-order valence-electron chi connectivity index (χ1n) is 7.93. The molecule has 0 aliphatic rings. The van der Waals surface area contributed by atoms with Crippen molar-refractivity contribution in [2.45, 2.75) is 25.5 Å². The molecule has 6 nitrogen and oxygen atoms in total. The maximum absolute atomic E-state index is 11.7. The molecule has 0 aliphatic heterocycles. The first-order chi connectivity index (χ1) is 11.8. The first-order valence-corrected chi connectivity index (χ1v) is 9.73. The maximum Gasteiger partial charge on any atom is 0.329 e. The lowest BCUT2D eigenvalue weighted by atomic mass is 9.97. The molecule has 2 rings (SSSR count). The lowest BCUT2D eigenvalue weighted by Gasteiger charge is -2.14. The molecule has 1 unspecified atom stereocenters. The second-order valence-electron chi connectivity index (χ2n) is 5.79. The van der Waals surface area contributed by atoms with E-state index in [0.29, 0.717) is 5.56 Å². The fraction of sp³-hybridized carbons (Fsp3) is 0.278. The van der Waals surface area contributed by atoms with E-state index in [2.05, 4.69) is 0 Å². The van der Waals surface area contributed by atoms with Gasteiger partial charge in [-0.3, -0.25) is 9.36 Å². The average Bonchev–Trinajstić information content (AvgIpc) is 2.54. The monoisotopic (exact) mass is 363 g/mol. The van der Waals surface area contributed by atoms with E-state index in [4.69, 9.17) is 10.5 Å². The molecule has 0 fully saturated rings. The Morgan fingerprint density at radius 3 is 2.36 bits per heavy atom. The van der Waals surface area contributed by atoms with E-state index in [-0.39, 0.29) is 19.2 Å². The molecule has 25 heavy (non-hydrogen) atoms. The number of ether oxygens (including phenoxy) is 1. The van der Waals surface area contributed by atoms with Crippen LogP contribution in [-0.4, -0.2) is 28.4 Å². The molecule has 7 heteroatoms. The van der Waals surface area contributed by atoms with Crippen LogP contribution >= 0.6 is 7.60 Å². The minimum Gasteiger partial charge on any atom is -0.465 e. The van der Waals surface area contributed by atoms with Crippen molar-refractivity contribution in [2.75, 3.05) is 6.61 Å². The maximum atomic E-state index is 11.7. The second kappa shape index (κ2) is 8.41. The summed E-state index contributed by atoms with van der Waals surface area (Å²) < 4.78 is 16.3. The summed E-state index contributed by atoms with van der Waals surface area (Å²) in [6.45, 7) is 1.96. The number of benzene rings is 2. The van der Waals surface area contributed by atoms with Gasteiger partial charge in [-0.05, 0) is 35.6 Å². The summed E-state index contributed by atoms with van der Waals surface area (Å²) in [6.07, 6.45) is -0.136. The van der Waals surface area contributed by atoms with Crippen molar-refractivity contribution in [3.05, 3.63) is 59.7 Å². The number of esters is 1. The van der Waals surface area contributed by atoms with Gasteiger partial charge in [-0.15, -0.1) is 0 Å². The highest BCUT2D eigenvalue weighted by atomic mass is 31.2. The highest BCUT2D eigenvalue weighted by Crippen LogP contribution is 2.40. The van der Waals surface area contributed by atoms with Crippen molar-refractivity contribution < 1.29 is 23.9 Å². The van der Waals surface area contributed by atoms with Crippen molar-refractivity contribution >= 4 is 13.6 Å². The molecule has 0 amide bonds. The molecular weight excluding hydrogens is 341 g/mol. The molecule has 0 saturated carbocycles. The van der Waals surface area contributed by atoms with Gasteiger partial charge in [0, 0.05) is 0 Å². The SMILES string of the molecule is CCOC(=O)C(N)Cc1cc(CP(=O)(O)O)cc(-c2ccccc2)c1. The highest BCUT2D eigenvalue weighted by molar-refractivity contribution is 7.50. The van der Waals surface area contributed by atoms with E-state index in [0.717, 1.165) is 16.7 Å². The Balaban J connectivity index is 2.36. The van der Waals surface area contributed by atoms with E-state index in [1.54, 1.807) is 19.1 Å². The number of rotatable bonds is 7. The second-order valence-corrected chi connectivity index (χ2v) is 7.44. The standard InChI is InChI=1S/C18H22NO5P/c1-2-24-18(20)17(19)11-13-8-14(12-25(21,22)23)10-16(9-13)15-6-4-3-5-7-15/h3-10,17H,2,11-12,19H2,1H3,(H2,21,22,23). The molecule has 2 aromatic carbocycles. The van der Waals surface area contributed by atoms with Crippen LogP contribution in [0.4, 0.5) is 0 Å². The summed E-state index contributed by atoms with van der Waals surface area (Å²) in [4.78, 5) is 30.3. The quantitative estimate of drug-likeness (QED) is 0.515. The normalized spacial score (nSPS) is 12.6. The summed E-state index contributed by atoms with van der Waals surface area (Å²) in [5, 5.41) is 0. The Labute approximate surface area is 146 Å². The van der Waals surface area contributed by atoms with Gasteiger partial charge in [-0.25, -0.2) is 0 Å². The molecule has 0 spiro atoms. The third kappa shape index (κ3) is 6.11. The van der Waals surface area contributed by atoms with Gasteiger partial charge in [0.1, 0.15) is 6.04 Å². The van der Waals surface area contributed by atoms with Crippen molar-refractivity contribution in [3.8, 4) is 11.1 Å². The fourth-order valence-electron chi connectivity index (χ4n) is 2.59. The molecule has 134 valence electrons. The molecule has 0 radical (unpaired) electrons. The van der Waals surface area contributed by atoms with E-state index >= 15 is 0 Å². The first kappa shape index (κ1) is 19.3. The lowest BCUT2D eigenvalue weighted by molar-refractivity contribution is -0.144. The Morgan fingerprint density at radius 2 is 1.76 bits per heavy atom. The fourth-order valence-corrected chi connectivity index (χ4v) is 3.25. The summed E-state index contributed by atoms with van der Waals surface area (Å²) in [6, 6.07) is 13.9. The van der Waals surface area contributed by atoms with Crippen LogP contribution in [0.1, 0.15) is 18.1 Å². The zero-order valence-electron chi connectivity index (χ0n) is 14.0. The van der Waals surface area contributed by atoms with Gasteiger partial charge in [0.05, 0.1) is 12.8 Å². The van der Waals surface area contributed by atoms with Gasteiger partial charge in [0.15, 0.2) is 0 Å². The van der Waals surface area contributed by atoms with Crippen LogP contribution in [0.2, 0.25) is 0 Å². The van der Waals surface area contributed by atoms with Crippen molar-refractivity contribution in [1.82, 2.24) is 0 Å². The Bertz CT molecular complexity index is 772. The molecule has 4 N–H and O–H groups in total. The highest BCUT2D eigenvalue weighted by Gasteiger charge is 2.19. The average molecular weight is 363 g/mol. The Hall–Kier alpha value is -1.98. The van der Waals surface area contributed by atoms with Crippen LogP contribution in [0.3, 0.4) is 0 Å². The molecule has 0 bridgehead atoms. The Morgan fingerprint density at radius 1 is 1.12 bits per heavy atom. The van der Waals surface area contributed by atoms with E-state index in [1.807, 2.05) is 36.4 Å². The van der Waals surface area contributed by atoms with Crippen molar-refractivity contribution in [2.24, 2.45) is 5.73 Å². The van der Waals surface area contributed by atoms with Crippen LogP contribution in [0.5, 0.6) is 0 Å². The van der Waals surface area contributed by atoms with Crippen molar-refractivity contribution in [3.63, 3.8) is 0 Å². The summed E-state index contributed by atoms with van der Waals surface area (Å²) in [7, 11) is -4.21. The number of carbonyl (C=O) groups excluding carboxylic acids is 1. The molecule has 0 aliphatic carbocycles. The van der Waals surface area contributed by atoms with Gasteiger partial charge < -0.3 is 20.3 Å². The smallest absolute Gasteiger partial charge is 0.329 e.